The average molecular weight is 251 g/mol. The highest BCUT2D eigenvalue weighted by Crippen LogP contribution is 2.11. The molecule has 2 rings (SSSR count). The summed E-state index contributed by atoms with van der Waals surface area (Å²) in [6.45, 7) is 3.00. The van der Waals surface area contributed by atoms with E-state index < -0.39 is 0 Å². The molecule has 0 atom stereocenters. The maximum absolute atomic E-state index is 5.56. The van der Waals surface area contributed by atoms with Crippen molar-refractivity contribution in [3.05, 3.63) is 22.4 Å². The molecule has 2 aromatic heterocycles. The molecule has 0 spiro atoms. The van der Waals surface area contributed by atoms with Crippen molar-refractivity contribution in [2.75, 3.05) is 17.7 Å². The third kappa shape index (κ3) is 3.28. The second-order valence-electron chi connectivity index (χ2n) is 3.22. The minimum Gasteiger partial charge on any atom is -0.464 e. The summed E-state index contributed by atoms with van der Waals surface area (Å²) in [5, 5.41) is 7.15. The summed E-state index contributed by atoms with van der Waals surface area (Å²) in [5.74, 6) is 0.573. The van der Waals surface area contributed by atoms with Gasteiger partial charge in [-0.05, 0) is 29.3 Å². The maximum atomic E-state index is 5.56. The fourth-order valence-corrected chi connectivity index (χ4v) is 1.89. The number of thiophene rings is 1. The topological polar surface area (TPSA) is 86.0 Å². The quantitative estimate of drug-likeness (QED) is 0.838. The van der Waals surface area contributed by atoms with E-state index in [4.69, 9.17) is 10.5 Å². The van der Waals surface area contributed by atoms with Crippen LogP contribution in [-0.4, -0.2) is 21.6 Å². The van der Waals surface area contributed by atoms with Crippen molar-refractivity contribution >= 4 is 23.2 Å². The minimum absolute atomic E-state index is 0.149. The molecule has 3 N–H and O–H groups in total. The summed E-state index contributed by atoms with van der Waals surface area (Å²) in [5.41, 5.74) is 6.73. The van der Waals surface area contributed by atoms with E-state index >= 15 is 0 Å². The Bertz CT molecular complexity index is 474. The number of hydrogen-bond donors (Lipinski definition) is 2. The van der Waals surface area contributed by atoms with E-state index in [1.165, 1.54) is 5.56 Å². The molecule has 0 unspecified atom stereocenters. The molecule has 0 aromatic carbocycles. The summed E-state index contributed by atoms with van der Waals surface area (Å²) >= 11 is 1.65. The third-order valence-corrected chi connectivity index (χ3v) is 2.67. The van der Waals surface area contributed by atoms with Crippen molar-refractivity contribution in [1.29, 1.82) is 0 Å². The van der Waals surface area contributed by atoms with Crippen molar-refractivity contribution < 1.29 is 4.74 Å². The Morgan fingerprint density at radius 1 is 1.41 bits per heavy atom. The third-order valence-electron chi connectivity index (χ3n) is 1.94. The Morgan fingerprint density at radius 3 is 3.00 bits per heavy atom. The Morgan fingerprint density at radius 2 is 2.29 bits per heavy atom. The predicted octanol–water partition coefficient (Wildman–Crippen LogP) is 1.53. The number of nitrogens with two attached hydrogens (primary N) is 1. The first-order chi connectivity index (χ1) is 8.28. The van der Waals surface area contributed by atoms with Gasteiger partial charge >= 0.3 is 6.01 Å². The van der Waals surface area contributed by atoms with E-state index in [1.54, 1.807) is 11.3 Å². The van der Waals surface area contributed by atoms with Gasteiger partial charge in [-0.25, -0.2) is 0 Å². The second-order valence-corrected chi connectivity index (χ2v) is 4.00. The fraction of sp³-hybridized carbons (Fsp3) is 0.300. The van der Waals surface area contributed by atoms with Gasteiger partial charge in [-0.3, -0.25) is 0 Å². The van der Waals surface area contributed by atoms with E-state index in [-0.39, 0.29) is 12.0 Å². The van der Waals surface area contributed by atoms with Gasteiger partial charge in [-0.2, -0.15) is 26.3 Å². The molecular formula is C10H13N5OS. The Kier molecular flexibility index (Phi) is 3.71. The smallest absolute Gasteiger partial charge is 0.323 e. The van der Waals surface area contributed by atoms with Crippen LogP contribution in [0.1, 0.15) is 12.5 Å². The molecule has 0 aliphatic carbocycles. The SMILES string of the molecule is CCOc1nc(N)nc(NCc2ccsc2)n1. The standard InChI is InChI=1S/C10H13N5OS/c1-2-16-10-14-8(11)13-9(15-10)12-5-7-3-4-17-6-7/h3-4,6H,2,5H2,1H3,(H3,11,12,13,14,15). The Balaban J connectivity index is 2.04. The van der Waals surface area contributed by atoms with E-state index in [0.29, 0.717) is 19.1 Å². The van der Waals surface area contributed by atoms with Crippen molar-refractivity contribution in [2.45, 2.75) is 13.5 Å². The Labute approximate surface area is 103 Å². The van der Waals surface area contributed by atoms with E-state index in [9.17, 15) is 0 Å². The molecule has 0 aliphatic heterocycles. The fourth-order valence-electron chi connectivity index (χ4n) is 1.22. The zero-order valence-electron chi connectivity index (χ0n) is 9.38. The number of nitrogen functional groups attached to an aromatic ring is 1. The summed E-state index contributed by atoms with van der Waals surface area (Å²) in [4.78, 5) is 11.9. The van der Waals surface area contributed by atoms with Gasteiger partial charge < -0.3 is 15.8 Å². The van der Waals surface area contributed by atoms with Gasteiger partial charge in [0.25, 0.3) is 0 Å². The molecule has 0 amide bonds. The number of rotatable bonds is 5. The number of ether oxygens (including phenoxy) is 1. The van der Waals surface area contributed by atoms with E-state index in [1.807, 2.05) is 18.4 Å². The number of aromatic nitrogens is 3. The number of nitrogens with zero attached hydrogens (tertiary/aromatic N) is 3. The summed E-state index contributed by atoms with van der Waals surface area (Å²) in [6, 6.07) is 2.28. The van der Waals surface area contributed by atoms with Crippen LogP contribution in [0.3, 0.4) is 0 Å². The molecule has 0 saturated heterocycles. The predicted molar refractivity (Wildman–Crippen MR) is 67.1 cm³/mol. The van der Waals surface area contributed by atoms with Crippen LogP contribution in [0.4, 0.5) is 11.9 Å². The Hall–Kier alpha value is -1.89. The highest BCUT2D eigenvalue weighted by molar-refractivity contribution is 7.07. The molecule has 90 valence electrons. The number of anilines is 2. The highest BCUT2D eigenvalue weighted by Gasteiger charge is 2.04. The molecule has 17 heavy (non-hydrogen) atoms. The first-order valence-electron chi connectivity index (χ1n) is 5.17. The van der Waals surface area contributed by atoms with Gasteiger partial charge in [0.2, 0.25) is 11.9 Å². The van der Waals surface area contributed by atoms with Crippen LogP contribution in [0.15, 0.2) is 16.8 Å². The van der Waals surface area contributed by atoms with Crippen molar-refractivity contribution in [3.63, 3.8) is 0 Å². The molecular weight excluding hydrogens is 238 g/mol. The monoisotopic (exact) mass is 251 g/mol. The van der Waals surface area contributed by atoms with Gasteiger partial charge in [0.1, 0.15) is 0 Å². The van der Waals surface area contributed by atoms with Gasteiger partial charge in [0, 0.05) is 6.54 Å². The number of nitrogens with one attached hydrogen (secondary N) is 1. The van der Waals surface area contributed by atoms with E-state index in [2.05, 4.69) is 25.6 Å². The largest absolute Gasteiger partial charge is 0.464 e. The second kappa shape index (κ2) is 5.44. The minimum atomic E-state index is 0.149. The molecule has 0 saturated carbocycles. The molecule has 7 heteroatoms. The van der Waals surface area contributed by atoms with Crippen molar-refractivity contribution in [3.8, 4) is 6.01 Å². The zero-order valence-corrected chi connectivity index (χ0v) is 10.2. The van der Waals surface area contributed by atoms with Gasteiger partial charge in [-0.1, -0.05) is 0 Å². The first kappa shape index (κ1) is 11.6. The summed E-state index contributed by atoms with van der Waals surface area (Å²) in [7, 11) is 0. The molecule has 2 heterocycles. The molecule has 0 aliphatic rings. The molecule has 6 nitrogen and oxygen atoms in total. The number of hydrogen-bond acceptors (Lipinski definition) is 7. The average Bonchev–Trinajstić information content (AvgIpc) is 2.79. The lowest BCUT2D eigenvalue weighted by atomic mass is 10.3. The summed E-state index contributed by atoms with van der Waals surface area (Å²) in [6.07, 6.45) is 0. The van der Waals surface area contributed by atoms with Gasteiger partial charge in [-0.15, -0.1) is 0 Å². The molecule has 0 fully saturated rings. The van der Waals surface area contributed by atoms with Crippen LogP contribution in [0.5, 0.6) is 6.01 Å². The van der Waals surface area contributed by atoms with Crippen LogP contribution in [0, 0.1) is 0 Å². The maximum Gasteiger partial charge on any atom is 0.323 e. The lowest BCUT2D eigenvalue weighted by Crippen LogP contribution is -2.08. The highest BCUT2D eigenvalue weighted by atomic mass is 32.1. The van der Waals surface area contributed by atoms with Crippen molar-refractivity contribution in [2.24, 2.45) is 0 Å². The van der Waals surface area contributed by atoms with Gasteiger partial charge in [0.05, 0.1) is 6.61 Å². The lowest BCUT2D eigenvalue weighted by molar-refractivity contribution is 0.312. The van der Waals surface area contributed by atoms with E-state index in [0.717, 1.165) is 0 Å². The molecule has 0 radical (unpaired) electrons. The molecule has 0 bridgehead atoms. The van der Waals surface area contributed by atoms with Crippen LogP contribution in [0.25, 0.3) is 0 Å². The van der Waals surface area contributed by atoms with Crippen molar-refractivity contribution in [1.82, 2.24) is 15.0 Å². The van der Waals surface area contributed by atoms with Crippen LogP contribution < -0.4 is 15.8 Å². The van der Waals surface area contributed by atoms with Gasteiger partial charge in [0.15, 0.2) is 0 Å². The van der Waals surface area contributed by atoms with Crippen LogP contribution >= 0.6 is 11.3 Å². The van der Waals surface area contributed by atoms with Crippen LogP contribution in [-0.2, 0) is 6.54 Å². The lowest BCUT2D eigenvalue weighted by Gasteiger charge is -2.06. The van der Waals surface area contributed by atoms with Crippen LogP contribution in [0.2, 0.25) is 0 Å². The first-order valence-corrected chi connectivity index (χ1v) is 6.11. The summed E-state index contributed by atoms with van der Waals surface area (Å²) < 4.78 is 5.18. The zero-order chi connectivity index (χ0) is 12.1. The molecule has 2 aromatic rings. The normalized spacial score (nSPS) is 10.2.